The maximum atomic E-state index is 12.8. The lowest BCUT2D eigenvalue weighted by Gasteiger charge is -2.28. The molecule has 0 aromatic rings. The molecule has 1 amide bonds. The fourth-order valence-corrected chi connectivity index (χ4v) is 4.40. The molecule has 26 heavy (non-hydrogen) atoms. The lowest BCUT2D eigenvalue weighted by molar-refractivity contribution is -0.151. The van der Waals surface area contributed by atoms with Gasteiger partial charge in [-0.05, 0) is 51.0 Å². The average Bonchev–Trinajstić information content (AvgIpc) is 3.02. The molecule has 1 heterocycles. The number of carbonyl (C=O) groups is 2. The van der Waals surface area contributed by atoms with Gasteiger partial charge in [0.1, 0.15) is 12.1 Å². The average molecular weight is 392 g/mol. The van der Waals surface area contributed by atoms with Crippen molar-refractivity contribution in [3.05, 3.63) is 0 Å². The number of carbonyl (C=O) groups excluding carboxylic acids is 1. The van der Waals surface area contributed by atoms with Gasteiger partial charge in [-0.25, -0.2) is 4.79 Å². The van der Waals surface area contributed by atoms with Crippen LogP contribution in [-0.4, -0.2) is 58.2 Å². The molecule has 4 N–H and O–H groups in total. The predicted octanol–water partition coefficient (Wildman–Crippen LogP) is 2.20. The Kier molecular flexibility index (Phi) is 9.79. The fourth-order valence-electron chi connectivity index (χ4n) is 3.12. The number of hydrogen-bond donors (Lipinski definition) is 3. The van der Waals surface area contributed by atoms with Crippen LogP contribution in [0, 0.1) is 5.92 Å². The summed E-state index contributed by atoms with van der Waals surface area (Å²) in [6.07, 6.45) is 2.72. The smallest absolute Gasteiger partial charge is 0.328 e. The van der Waals surface area contributed by atoms with Gasteiger partial charge in [-0.15, -0.1) is 0 Å². The van der Waals surface area contributed by atoms with Crippen molar-refractivity contribution in [3.63, 3.8) is 0 Å². The first-order valence-electron chi connectivity index (χ1n) is 9.41. The van der Waals surface area contributed by atoms with Gasteiger partial charge < -0.3 is 20.6 Å². The molecule has 9 heteroatoms. The first-order chi connectivity index (χ1) is 12.2. The van der Waals surface area contributed by atoms with E-state index in [0.29, 0.717) is 51.1 Å². The first-order valence-corrected chi connectivity index (χ1v) is 11.2. The number of amides is 1. The summed E-state index contributed by atoms with van der Waals surface area (Å²) < 4.78 is 17.7. The molecule has 1 aliphatic heterocycles. The van der Waals surface area contributed by atoms with Gasteiger partial charge in [0.05, 0.1) is 6.16 Å². The van der Waals surface area contributed by atoms with Gasteiger partial charge in [-0.3, -0.25) is 13.9 Å². The third-order valence-electron chi connectivity index (χ3n) is 4.53. The van der Waals surface area contributed by atoms with Crippen molar-refractivity contribution in [2.24, 2.45) is 11.7 Å². The summed E-state index contributed by atoms with van der Waals surface area (Å²) in [5.74, 6) is -1.15. The summed E-state index contributed by atoms with van der Waals surface area (Å²) >= 11 is 0. The third kappa shape index (κ3) is 7.74. The highest BCUT2D eigenvalue weighted by Crippen LogP contribution is 2.45. The van der Waals surface area contributed by atoms with Gasteiger partial charge in [-0.2, -0.15) is 0 Å². The van der Waals surface area contributed by atoms with Crippen molar-refractivity contribution >= 4 is 19.5 Å². The molecule has 0 aromatic heterocycles. The molecule has 1 unspecified atom stereocenters. The zero-order valence-corrected chi connectivity index (χ0v) is 16.7. The molecule has 1 fully saturated rings. The van der Waals surface area contributed by atoms with Crippen molar-refractivity contribution in [1.82, 2.24) is 4.90 Å². The van der Waals surface area contributed by atoms with Gasteiger partial charge in [-0.1, -0.05) is 20.3 Å². The number of nitrogens with two attached hydrogens (primary N) is 1. The molecule has 3 atom stereocenters. The van der Waals surface area contributed by atoms with Crippen LogP contribution >= 0.6 is 7.60 Å². The Morgan fingerprint density at radius 2 is 1.96 bits per heavy atom. The topological polar surface area (TPSA) is 130 Å². The number of likely N-dealkylation sites (tertiary alicyclic amines) is 1. The molecule has 0 aromatic carbocycles. The Hall–Kier alpha value is -0.950. The molecule has 1 aliphatic rings. The number of unbranched alkanes of at least 4 members (excludes halogenated alkanes) is 1. The number of aliphatic carboxylic acids is 1. The Morgan fingerprint density at radius 3 is 2.54 bits per heavy atom. The molecule has 0 saturated carbocycles. The van der Waals surface area contributed by atoms with E-state index in [4.69, 9.17) is 10.3 Å². The second-order valence-electron chi connectivity index (χ2n) is 7.30. The molecule has 152 valence electrons. The Morgan fingerprint density at radius 1 is 1.27 bits per heavy atom. The van der Waals surface area contributed by atoms with E-state index in [-0.39, 0.29) is 12.6 Å². The van der Waals surface area contributed by atoms with E-state index >= 15 is 0 Å². The quantitative estimate of drug-likeness (QED) is 0.343. The maximum Gasteiger partial charge on any atom is 0.328 e. The minimum atomic E-state index is -3.92. The highest BCUT2D eigenvalue weighted by molar-refractivity contribution is 7.52. The van der Waals surface area contributed by atoms with E-state index in [1.54, 1.807) is 0 Å². The summed E-state index contributed by atoms with van der Waals surface area (Å²) in [6.45, 7) is 4.84. The zero-order valence-electron chi connectivity index (χ0n) is 15.8. The summed E-state index contributed by atoms with van der Waals surface area (Å²) in [5, 5.41) is 9.27. The van der Waals surface area contributed by atoms with Gasteiger partial charge in [0.2, 0.25) is 0 Å². The van der Waals surface area contributed by atoms with Crippen molar-refractivity contribution < 1.29 is 28.7 Å². The molecule has 8 nitrogen and oxygen atoms in total. The lowest BCUT2D eigenvalue weighted by atomic mass is 10.1. The van der Waals surface area contributed by atoms with Crippen LogP contribution in [0.5, 0.6) is 0 Å². The van der Waals surface area contributed by atoms with Crippen molar-refractivity contribution in [2.45, 2.75) is 70.9 Å². The van der Waals surface area contributed by atoms with Gasteiger partial charge in [0, 0.05) is 6.54 Å². The summed E-state index contributed by atoms with van der Waals surface area (Å²) in [6, 6.07) is -0.887. The minimum Gasteiger partial charge on any atom is -0.480 e. The first kappa shape index (κ1) is 23.1. The highest BCUT2D eigenvalue weighted by Gasteiger charge is 2.39. The Labute approximate surface area is 155 Å². The van der Waals surface area contributed by atoms with Crippen LogP contribution in [0.2, 0.25) is 0 Å². The summed E-state index contributed by atoms with van der Waals surface area (Å²) in [4.78, 5) is 35.5. The molecular formula is C17H33N2O6P. The van der Waals surface area contributed by atoms with E-state index in [9.17, 15) is 24.2 Å². The van der Waals surface area contributed by atoms with Crippen LogP contribution in [0.25, 0.3) is 0 Å². The summed E-state index contributed by atoms with van der Waals surface area (Å²) in [5.41, 5.74) is 5.48. The van der Waals surface area contributed by atoms with Crippen molar-refractivity contribution in [3.8, 4) is 0 Å². The highest BCUT2D eigenvalue weighted by atomic mass is 31.2. The number of nitrogens with zero attached hydrogens (tertiary/aromatic N) is 1. The standard InChI is InChI=1S/C17H33N2O6P/c1-13(2)7-6-12-26(23,24)25-15(9-3-4-10-18)16(20)19-11-5-8-14(19)17(21)22/h13-15H,3-12,18H2,1-2H3,(H,21,22)(H,23,24)/t14-,15-/m0/s1. The van der Waals surface area contributed by atoms with Gasteiger partial charge in [0.25, 0.3) is 5.91 Å². The molecule has 0 spiro atoms. The number of rotatable bonds is 12. The molecular weight excluding hydrogens is 359 g/mol. The fraction of sp³-hybridized carbons (Fsp3) is 0.882. The van der Waals surface area contributed by atoms with Crippen LogP contribution in [0.1, 0.15) is 58.8 Å². The molecule has 0 radical (unpaired) electrons. The lowest BCUT2D eigenvalue weighted by Crippen LogP contribution is -2.46. The second-order valence-corrected chi connectivity index (χ2v) is 9.24. The van der Waals surface area contributed by atoms with E-state index in [1.807, 2.05) is 13.8 Å². The number of carboxylic acid groups (broad SMARTS) is 1. The molecule has 0 aliphatic carbocycles. The Bertz CT molecular complexity index is 513. The van der Waals surface area contributed by atoms with Gasteiger partial charge >= 0.3 is 13.6 Å². The van der Waals surface area contributed by atoms with E-state index in [1.165, 1.54) is 4.90 Å². The van der Waals surface area contributed by atoms with E-state index < -0.39 is 31.6 Å². The summed E-state index contributed by atoms with van der Waals surface area (Å²) in [7, 11) is -3.92. The van der Waals surface area contributed by atoms with Gasteiger partial charge in [0.15, 0.2) is 0 Å². The Balaban J connectivity index is 2.78. The molecule has 0 bridgehead atoms. The molecule has 1 rings (SSSR count). The van der Waals surface area contributed by atoms with Crippen LogP contribution in [-0.2, 0) is 18.7 Å². The zero-order chi connectivity index (χ0) is 19.7. The van der Waals surface area contributed by atoms with Crippen molar-refractivity contribution in [2.75, 3.05) is 19.3 Å². The van der Waals surface area contributed by atoms with Crippen LogP contribution < -0.4 is 5.73 Å². The largest absolute Gasteiger partial charge is 0.480 e. The van der Waals surface area contributed by atoms with E-state index in [2.05, 4.69) is 0 Å². The molecule has 1 saturated heterocycles. The predicted molar refractivity (Wildman–Crippen MR) is 98.9 cm³/mol. The van der Waals surface area contributed by atoms with Crippen LogP contribution in [0.3, 0.4) is 0 Å². The van der Waals surface area contributed by atoms with Crippen LogP contribution in [0.4, 0.5) is 0 Å². The van der Waals surface area contributed by atoms with E-state index in [0.717, 1.165) is 6.42 Å². The second kappa shape index (κ2) is 11.0. The monoisotopic (exact) mass is 392 g/mol. The SMILES string of the molecule is CC(C)CCCP(=O)(O)O[C@@H](CCCCN)C(=O)N1CCC[C@H]1C(=O)O. The van der Waals surface area contributed by atoms with Crippen LogP contribution in [0.15, 0.2) is 0 Å². The third-order valence-corrected chi connectivity index (χ3v) is 6.00. The number of carboxylic acids is 1. The number of hydrogen-bond acceptors (Lipinski definition) is 5. The maximum absolute atomic E-state index is 12.8. The van der Waals surface area contributed by atoms with Crippen molar-refractivity contribution in [1.29, 1.82) is 0 Å². The normalized spacial score (nSPS) is 21.0. The minimum absolute atomic E-state index is 0.00575.